The molecule has 0 radical (unpaired) electrons. The number of urea groups is 1. The van der Waals surface area contributed by atoms with Gasteiger partial charge in [-0.1, -0.05) is 98.2 Å². The van der Waals surface area contributed by atoms with Crippen LogP contribution in [0.4, 0.5) is 9.59 Å². The maximum Gasteiger partial charge on any atom is 0.407 e. The van der Waals surface area contributed by atoms with Crippen molar-refractivity contribution in [3.8, 4) is 0 Å². The number of hydrazine groups is 1. The normalized spacial score (nSPS) is 16.6. The first kappa shape index (κ1) is 46.1. The van der Waals surface area contributed by atoms with Crippen LogP contribution in [0.5, 0.6) is 0 Å². The minimum atomic E-state index is -1.15. The molecule has 2 aromatic rings. The highest BCUT2D eigenvalue weighted by molar-refractivity contribution is 5.88. The fourth-order valence-electron chi connectivity index (χ4n) is 6.55. The average Bonchev–Trinajstić information content (AvgIpc) is 3.46. The van der Waals surface area contributed by atoms with Gasteiger partial charge in [-0.05, 0) is 61.1 Å². The Morgan fingerprint density at radius 2 is 1.61 bits per heavy atom. The number of pyridine rings is 1. The molecule has 5 amide bonds. The van der Waals surface area contributed by atoms with Crippen LogP contribution in [0, 0.1) is 16.7 Å². The Bertz CT molecular complexity index is 1600. The average molecular weight is 782 g/mol. The van der Waals surface area contributed by atoms with Gasteiger partial charge in [0.2, 0.25) is 5.91 Å². The minimum Gasteiger partial charge on any atom is -0.453 e. The standard InChI is InChI=1S/C42H67N7O7/c1-12-28(2)34(49-24-23-47(39(49)54)26-30-19-16-20-33(43-30)42(9,10)55)36(51)44-31(25-29-17-14-13-15-18-29)32(50)27-48(22-21-40(3,4)5)46-37(52)35(41(6,7)8)45-38(53)56-11/h13-20,28,31-32,34-35,50,55H,12,21-27H2,1-11H3,(H,44,51)(H,45,53)(H,46,52)/t28-,31-,32-,34-,35+/m0/s1. The van der Waals surface area contributed by atoms with Gasteiger partial charge >= 0.3 is 12.1 Å². The second-order valence-corrected chi connectivity index (χ2v) is 17.8. The van der Waals surface area contributed by atoms with Gasteiger partial charge in [-0.25, -0.2) is 14.6 Å². The molecular weight excluding hydrogens is 715 g/mol. The van der Waals surface area contributed by atoms with Crippen LogP contribution < -0.4 is 16.1 Å². The molecule has 1 aromatic carbocycles. The molecule has 5 atom stereocenters. The smallest absolute Gasteiger partial charge is 0.407 e. The van der Waals surface area contributed by atoms with Crippen LogP contribution in [0.15, 0.2) is 48.5 Å². The number of alkyl carbamates (subject to hydrolysis) is 1. The lowest BCUT2D eigenvalue weighted by molar-refractivity contribution is -0.132. The topological polar surface area (TPSA) is 177 Å². The number of nitrogens with zero attached hydrogens (tertiary/aromatic N) is 4. The van der Waals surface area contributed by atoms with Crippen LogP contribution in [0.3, 0.4) is 0 Å². The van der Waals surface area contributed by atoms with Crippen molar-refractivity contribution in [2.75, 3.05) is 33.3 Å². The molecule has 14 heteroatoms. The number of carbonyl (C=O) groups is 4. The van der Waals surface area contributed by atoms with Gasteiger partial charge in [-0.3, -0.25) is 20.0 Å². The Balaban J connectivity index is 1.89. The molecular formula is C42H67N7O7. The molecule has 1 aliphatic heterocycles. The monoisotopic (exact) mass is 782 g/mol. The molecule has 56 heavy (non-hydrogen) atoms. The lowest BCUT2D eigenvalue weighted by Gasteiger charge is -2.36. The highest BCUT2D eigenvalue weighted by Crippen LogP contribution is 2.25. The number of hydrogen-bond donors (Lipinski definition) is 5. The summed E-state index contributed by atoms with van der Waals surface area (Å²) in [5.41, 5.74) is 3.06. The summed E-state index contributed by atoms with van der Waals surface area (Å²) in [4.78, 5) is 62.2. The molecule has 0 saturated carbocycles. The highest BCUT2D eigenvalue weighted by Gasteiger charge is 2.41. The van der Waals surface area contributed by atoms with Crippen LogP contribution in [0.1, 0.15) is 99.0 Å². The van der Waals surface area contributed by atoms with Gasteiger partial charge in [-0.15, -0.1) is 0 Å². The highest BCUT2D eigenvalue weighted by atomic mass is 16.5. The van der Waals surface area contributed by atoms with Crippen LogP contribution >= 0.6 is 0 Å². The van der Waals surface area contributed by atoms with E-state index in [2.05, 4.69) is 41.8 Å². The van der Waals surface area contributed by atoms with Gasteiger partial charge in [-0.2, -0.15) is 0 Å². The van der Waals surface area contributed by atoms with Crippen LogP contribution in [-0.2, 0) is 32.9 Å². The zero-order valence-electron chi connectivity index (χ0n) is 35.4. The number of hydrogen-bond acceptors (Lipinski definition) is 9. The third-order valence-corrected chi connectivity index (χ3v) is 10.2. The molecule has 2 heterocycles. The summed E-state index contributed by atoms with van der Waals surface area (Å²) >= 11 is 0. The fraction of sp³-hybridized carbons (Fsp3) is 0.643. The third-order valence-electron chi connectivity index (χ3n) is 10.2. The van der Waals surface area contributed by atoms with E-state index in [9.17, 15) is 29.4 Å². The van der Waals surface area contributed by atoms with Crippen molar-refractivity contribution in [2.24, 2.45) is 16.7 Å². The van der Waals surface area contributed by atoms with Crippen molar-refractivity contribution in [3.63, 3.8) is 0 Å². The first-order valence-corrected chi connectivity index (χ1v) is 19.7. The Hall–Kier alpha value is -4.27. The van der Waals surface area contributed by atoms with Crippen molar-refractivity contribution in [1.29, 1.82) is 0 Å². The predicted molar refractivity (Wildman–Crippen MR) is 216 cm³/mol. The molecule has 1 aliphatic rings. The van der Waals surface area contributed by atoms with E-state index in [-0.39, 0.29) is 36.4 Å². The number of carbonyl (C=O) groups excluding carboxylic acids is 4. The van der Waals surface area contributed by atoms with Crippen molar-refractivity contribution in [3.05, 3.63) is 65.5 Å². The SMILES string of the molecule is CC[C@H](C)[C@@H](C(=O)N[C@@H](Cc1ccccc1)[C@@H](O)CN(CCC(C)(C)C)NC(=O)[C@@H](NC(=O)OC)C(C)(C)C)N1CCN(Cc2cccc(C(C)(C)O)n2)C1=O. The van der Waals surface area contributed by atoms with E-state index in [1.54, 1.807) is 40.8 Å². The molecule has 3 rings (SSSR count). The number of benzene rings is 1. The van der Waals surface area contributed by atoms with Crippen molar-refractivity contribution in [2.45, 2.75) is 125 Å². The lowest BCUT2D eigenvalue weighted by atomic mass is 9.86. The summed E-state index contributed by atoms with van der Waals surface area (Å²) < 4.78 is 4.79. The Labute approximate surface area is 333 Å². The van der Waals surface area contributed by atoms with Crippen molar-refractivity contribution < 1.29 is 34.1 Å². The zero-order chi connectivity index (χ0) is 42.0. The minimum absolute atomic E-state index is 0.0319. The number of methoxy groups -OCH3 is 1. The molecule has 0 bridgehead atoms. The summed E-state index contributed by atoms with van der Waals surface area (Å²) in [5, 5.41) is 29.9. The summed E-state index contributed by atoms with van der Waals surface area (Å²) in [6.07, 6.45) is -0.302. The quantitative estimate of drug-likeness (QED) is 0.136. The van der Waals surface area contributed by atoms with Gasteiger partial charge < -0.3 is 35.4 Å². The number of aromatic nitrogens is 1. The first-order chi connectivity index (χ1) is 26.0. The molecule has 312 valence electrons. The predicted octanol–water partition coefficient (Wildman–Crippen LogP) is 4.59. The second kappa shape index (κ2) is 19.7. The van der Waals surface area contributed by atoms with Crippen molar-refractivity contribution >= 4 is 23.9 Å². The van der Waals surface area contributed by atoms with E-state index in [1.165, 1.54) is 7.11 Å². The zero-order valence-corrected chi connectivity index (χ0v) is 35.4. The number of rotatable bonds is 18. The maximum atomic E-state index is 14.4. The molecule has 0 unspecified atom stereocenters. The van der Waals surface area contributed by atoms with Gasteiger partial charge in [0.1, 0.15) is 17.7 Å². The first-order valence-electron chi connectivity index (χ1n) is 19.7. The number of ether oxygens (including phenoxy) is 1. The van der Waals surface area contributed by atoms with Crippen LogP contribution in [0.25, 0.3) is 0 Å². The number of aliphatic hydroxyl groups is 2. The Morgan fingerprint density at radius 3 is 2.18 bits per heavy atom. The molecule has 0 spiro atoms. The Morgan fingerprint density at radius 1 is 0.946 bits per heavy atom. The number of aliphatic hydroxyl groups excluding tert-OH is 1. The van der Waals surface area contributed by atoms with Crippen molar-refractivity contribution in [1.82, 2.24) is 35.9 Å². The van der Waals surface area contributed by atoms with E-state index < -0.39 is 47.2 Å². The van der Waals surface area contributed by atoms with E-state index >= 15 is 0 Å². The Kier molecular flexibility index (Phi) is 16.3. The molecule has 1 saturated heterocycles. The molecule has 5 N–H and O–H groups in total. The van der Waals surface area contributed by atoms with E-state index in [0.717, 1.165) is 5.56 Å². The third kappa shape index (κ3) is 13.7. The second-order valence-electron chi connectivity index (χ2n) is 17.8. The van der Waals surface area contributed by atoms with E-state index in [4.69, 9.17) is 4.74 Å². The van der Waals surface area contributed by atoms with Gasteiger partial charge in [0.15, 0.2) is 0 Å². The number of nitrogens with one attached hydrogen (secondary N) is 3. The largest absolute Gasteiger partial charge is 0.453 e. The van der Waals surface area contributed by atoms with Crippen LogP contribution in [-0.4, -0.2) is 111 Å². The van der Waals surface area contributed by atoms with Gasteiger partial charge in [0, 0.05) is 26.2 Å². The molecule has 0 aliphatic carbocycles. The summed E-state index contributed by atoms with van der Waals surface area (Å²) in [7, 11) is 1.23. The summed E-state index contributed by atoms with van der Waals surface area (Å²) in [6.45, 7) is 20.3. The van der Waals surface area contributed by atoms with Crippen LogP contribution in [0.2, 0.25) is 0 Å². The molecule has 1 fully saturated rings. The maximum absolute atomic E-state index is 14.4. The lowest BCUT2D eigenvalue weighted by Crippen LogP contribution is -2.60. The summed E-state index contributed by atoms with van der Waals surface area (Å²) in [6, 6.07) is 12.0. The number of amides is 5. The molecule has 14 nitrogen and oxygen atoms in total. The van der Waals surface area contributed by atoms with Gasteiger partial charge in [0.25, 0.3) is 5.91 Å². The fourth-order valence-corrected chi connectivity index (χ4v) is 6.55. The summed E-state index contributed by atoms with van der Waals surface area (Å²) in [5.74, 6) is -1.05. The van der Waals surface area contributed by atoms with E-state index in [1.807, 2.05) is 71.0 Å². The van der Waals surface area contributed by atoms with Gasteiger partial charge in [0.05, 0.1) is 37.2 Å². The van der Waals surface area contributed by atoms with E-state index in [0.29, 0.717) is 50.3 Å². The molecule has 1 aromatic heterocycles.